The molecule has 2 atom stereocenters. The number of nitrogens with zero attached hydrogens (tertiary/aromatic N) is 3. The van der Waals surface area contributed by atoms with Crippen molar-refractivity contribution in [1.29, 1.82) is 0 Å². The van der Waals surface area contributed by atoms with Gasteiger partial charge in [-0.3, -0.25) is 0 Å². The van der Waals surface area contributed by atoms with Crippen LogP contribution in [0.2, 0.25) is 0 Å². The molecular formula is C11H18N4O. The predicted molar refractivity (Wildman–Crippen MR) is 63.4 cm³/mol. The highest BCUT2D eigenvalue weighted by Crippen LogP contribution is 2.19. The lowest BCUT2D eigenvalue weighted by Crippen LogP contribution is -2.46. The Morgan fingerprint density at radius 2 is 1.94 bits per heavy atom. The molecule has 0 saturated carbocycles. The van der Waals surface area contributed by atoms with E-state index in [4.69, 9.17) is 10.5 Å². The molecule has 1 aromatic rings. The maximum Gasteiger partial charge on any atom is 0.222 e. The van der Waals surface area contributed by atoms with E-state index in [9.17, 15) is 0 Å². The van der Waals surface area contributed by atoms with Gasteiger partial charge in [-0.1, -0.05) is 0 Å². The fraction of sp³-hybridized carbons (Fsp3) is 0.636. The molecule has 1 fully saturated rings. The SMILES string of the molecule is Cc1cc(N2C[C@@H](C)O[C@@H](C)C2)nc(N)n1. The average molecular weight is 222 g/mol. The van der Waals surface area contributed by atoms with Crippen molar-refractivity contribution >= 4 is 11.8 Å². The van der Waals surface area contributed by atoms with Crippen LogP contribution in [0.4, 0.5) is 11.8 Å². The number of aromatic nitrogens is 2. The normalized spacial score (nSPS) is 25.8. The topological polar surface area (TPSA) is 64.3 Å². The van der Waals surface area contributed by atoms with Gasteiger partial charge in [0.05, 0.1) is 12.2 Å². The van der Waals surface area contributed by atoms with Crippen LogP contribution in [0.15, 0.2) is 6.07 Å². The molecule has 16 heavy (non-hydrogen) atoms. The van der Waals surface area contributed by atoms with Crippen LogP contribution in [0.1, 0.15) is 19.5 Å². The molecule has 0 radical (unpaired) electrons. The Balaban J connectivity index is 2.22. The quantitative estimate of drug-likeness (QED) is 0.767. The van der Waals surface area contributed by atoms with Gasteiger partial charge in [-0.15, -0.1) is 0 Å². The molecule has 5 heteroatoms. The Kier molecular flexibility index (Phi) is 2.96. The number of morpholine rings is 1. The van der Waals surface area contributed by atoms with Crippen LogP contribution in [0.3, 0.4) is 0 Å². The molecule has 2 N–H and O–H groups in total. The summed E-state index contributed by atoms with van der Waals surface area (Å²) in [5.74, 6) is 1.23. The smallest absolute Gasteiger partial charge is 0.222 e. The number of nitrogen functional groups attached to an aromatic ring is 1. The number of hydrogen-bond acceptors (Lipinski definition) is 5. The van der Waals surface area contributed by atoms with Crippen LogP contribution in [0.5, 0.6) is 0 Å². The molecule has 1 aliphatic rings. The summed E-state index contributed by atoms with van der Waals surface area (Å²) >= 11 is 0. The molecule has 0 spiro atoms. The van der Waals surface area contributed by atoms with Gasteiger partial charge in [0.25, 0.3) is 0 Å². The number of aryl methyl sites for hydroxylation is 1. The van der Waals surface area contributed by atoms with Crippen LogP contribution in [-0.4, -0.2) is 35.3 Å². The van der Waals surface area contributed by atoms with Gasteiger partial charge in [0.1, 0.15) is 5.82 Å². The first-order valence-corrected chi connectivity index (χ1v) is 5.56. The van der Waals surface area contributed by atoms with E-state index >= 15 is 0 Å². The summed E-state index contributed by atoms with van der Waals surface area (Å²) < 4.78 is 5.68. The van der Waals surface area contributed by atoms with Crippen LogP contribution >= 0.6 is 0 Å². The second-order valence-corrected chi connectivity index (χ2v) is 4.39. The summed E-state index contributed by atoms with van der Waals surface area (Å²) in [4.78, 5) is 10.5. The van der Waals surface area contributed by atoms with Gasteiger partial charge in [0.15, 0.2) is 0 Å². The minimum Gasteiger partial charge on any atom is -0.372 e. The highest BCUT2D eigenvalue weighted by molar-refractivity contribution is 5.43. The molecule has 5 nitrogen and oxygen atoms in total. The lowest BCUT2D eigenvalue weighted by Gasteiger charge is -2.36. The van der Waals surface area contributed by atoms with Gasteiger partial charge in [-0.05, 0) is 20.8 Å². The molecule has 1 aromatic heterocycles. The third-order valence-electron chi connectivity index (χ3n) is 2.60. The van der Waals surface area contributed by atoms with Gasteiger partial charge in [0.2, 0.25) is 5.95 Å². The van der Waals surface area contributed by atoms with Crippen molar-refractivity contribution in [3.8, 4) is 0 Å². The summed E-state index contributed by atoms with van der Waals surface area (Å²) in [5.41, 5.74) is 6.55. The zero-order valence-electron chi connectivity index (χ0n) is 9.97. The molecule has 0 aliphatic carbocycles. The fourth-order valence-corrected chi connectivity index (χ4v) is 2.10. The maximum absolute atomic E-state index is 5.68. The average Bonchev–Trinajstić information content (AvgIpc) is 2.14. The lowest BCUT2D eigenvalue weighted by atomic mass is 10.2. The molecule has 2 heterocycles. The summed E-state index contributed by atoms with van der Waals surface area (Å²) in [6, 6.07) is 1.96. The molecule has 0 bridgehead atoms. The van der Waals surface area contributed by atoms with E-state index in [0.717, 1.165) is 24.6 Å². The Morgan fingerprint density at radius 3 is 2.50 bits per heavy atom. The highest BCUT2D eigenvalue weighted by Gasteiger charge is 2.23. The Labute approximate surface area is 95.6 Å². The van der Waals surface area contributed by atoms with Crippen molar-refractivity contribution in [2.45, 2.75) is 33.0 Å². The molecule has 0 unspecified atom stereocenters. The zero-order valence-corrected chi connectivity index (χ0v) is 9.97. The summed E-state index contributed by atoms with van der Waals surface area (Å²) in [7, 11) is 0. The van der Waals surface area contributed by atoms with Crippen molar-refractivity contribution in [2.24, 2.45) is 0 Å². The number of anilines is 2. The van der Waals surface area contributed by atoms with Gasteiger partial charge >= 0.3 is 0 Å². The third-order valence-corrected chi connectivity index (χ3v) is 2.60. The van der Waals surface area contributed by atoms with Crippen molar-refractivity contribution < 1.29 is 4.74 Å². The third kappa shape index (κ3) is 2.41. The first-order valence-electron chi connectivity index (χ1n) is 5.56. The van der Waals surface area contributed by atoms with Crippen molar-refractivity contribution in [3.63, 3.8) is 0 Å². The van der Waals surface area contributed by atoms with Gasteiger partial charge in [-0.2, -0.15) is 4.98 Å². The molecule has 1 aliphatic heterocycles. The van der Waals surface area contributed by atoms with Gasteiger partial charge < -0.3 is 15.4 Å². The van der Waals surface area contributed by atoms with Gasteiger partial charge in [0, 0.05) is 24.8 Å². The second-order valence-electron chi connectivity index (χ2n) is 4.39. The Bertz CT molecular complexity index is 352. The fourth-order valence-electron chi connectivity index (χ4n) is 2.10. The maximum atomic E-state index is 5.68. The first-order chi connectivity index (χ1) is 7.54. The zero-order chi connectivity index (χ0) is 11.7. The molecular weight excluding hydrogens is 204 g/mol. The predicted octanol–water partition coefficient (Wildman–Crippen LogP) is 0.981. The van der Waals surface area contributed by atoms with Crippen molar-refractivity contribution in [3.05, 3.63) is 11.8 Å². The van der Waals surface area contributed by atoms with E-state index in [2.05, 4.69) is 28.7 Å². The summed E-state index contributed by atoms with van der Waals surface area (Å²) in [6.45, 7) is 7.76. The lowest BCUT2D eigenvalue weighted by molar-refractivity contribution is -0.00546. The minimum atomic E-state index is 0.222. The highest BCUT2D eigenvalue weighted by atomic mass is 16.5. The molecule has 0 aromatic carbocycles. The van der Waals surface area contributed by atoms with Crippen LogP contribution in [-0.2, 0) is 4.74 Å². The Morgan fingerprint density at radius 1 is 1.31 bits per heavy atom. The standard InChI is InChI=1S/C11H18N4O/c1-7-4-10(14-11(12)13-7)15-5-8(2)16-9(3)6-15/h4,8-9H,5-6H2,1-3H3,(H2,12,13,14)/t8-,9+. The van der Waals surface area contributed by atoms with E-state index in [1.54, 1.807) is 0 Å². The molecule has 1 saturated heterocycles. The molecule has 88 valence electrons. The molecule has 2 rings (SSSR count). The second kappa shape index (κ2) is 4.25. The summed E-state index contributed by atoms with van der Waals surface area (Å²) in [5, 5.41) is 0. The Hall–Kier alpha value is -1.36. The largest absolute Gasteiger partial charge is 0.372 e. The number of rotatable bonds is 1. The van der Waals surface area contributed by atoms with Crippen LogP contribution in [0, 0.1) is 6.92 Å². The van der Waals surface area contributed by atoms with E-state index in [1.165, 1.54) is 0 Å². The summed E-state index contributed by atoms with van der Waals surface area (Å²) in [6.07, 6.45) is 0.445. The van der Waals surface area contributed by atoms with E-state index < -0.39 is 0 Å². The van der Waals surface area contributed by atoms with Crippen LogP contribution in [0.25, 0.3) is 0 Å². The monoisotopic (exact) mass is 222 g/mol. The minimum absolute atomic E-state index is 0.222. The van der Waals surface area contributed by atoms with Crippen molar-refractivity contribution in [1.82, 2.24) is 9.97 Å². The van der Waals surface area contributed by atoms with Crippen molar-refractivity contribution in [2.75, 3.05) is 23.7 Å². The molecule has 0 amide bonds. The number of nitrogens with two attached hydrogens (primary N) is 1. The van der Waals surface area contributed by atoms with Gasteiger partial charge in [-0.25, -0.2) is 4.98 Å². The number of ether oxygens (including phenoxy) is 1. The number of hydrogen-bond donors (Lipinski definition) is 1. The van der Waals surface area contributed by atoms with E-state index in [-0.39, 0.29) is 12.2 Å². The van der Waals surface area contributed by atoms with E-state index in [0.29, 0.717) is 5.95 Å². The van der Waals surface area contributed by atoms with Crippen LogP contribution < -0.4 is 10.6 Å². The first kappa shape index (κ1) is 11.1. The van der Waals surface area contributed by atoms with E-state index in [1.807, 2.05) is 13.0 Å².